The van der Waals surface area contributed by atoms with Gasteiger partial charge in [-0.3, -0.25) is 0 Å². The van der Waals surface area contributed by atoms with Crippen molar-refractivity contribution in [1.82, 2.24) is 14.3 Å². The molecular weight excluding hydrogens is 224 g/mol. The maximum Gasteiger partial charge on any atom is 0.136 e. The lowest BCUT2D eigenvalue weighted by molar-refractivity contribution is 0.227. The standard InChI is InChI=1S/C14H20N4/c1-10-6-18-8-11(3-4-14(18)16-10)12-5-13(15)9-17(2)7-12/h3-4,6,8,12-13H,5,7,9,15H2,1-2H3. The summed E-state index contributed by atoms with van der Waals surface area (Å²) >= 11 is 0. The lowest BCUT2D eigenvalue weighted by Gasteiger charge is -2.34. The molecule has 1 aliphatic rings. The Labute approximate surface area is 107 Å². The monoisotopic (exact) mass is 244 g/mol. The van der Waals surface area contributed by atoms with Crippen LogP contribution in [0.1, 0.15) is 23.6 Å². The SMILES string of the molecule is Cc1cn2cc(C3CC(N)CN(C)C3)ccc2n1. The number of nitrogens with two attached hydrogens (primary N) is 1. The van der Waals surface area contributed by atoms with E-state index in [1.165, 1.54) is 5.56 Å². The Morgan fingerprint density at radius 3 is 2.89 bits per heavy atom. The van der Waals surface area contributed by atoms with Crippen LogP contribution in [0.25, 0.3) is 5.65 Å². The Hall–Kier alpha value is -1.39. The van der Waals surface area contributed by atoms with Crippen LogP contribution in [0.4, 0.5) is 0 Å². The predicted octanol–water partition coefficient (Wildman–Crippen LogP) is 1.39. The molecule has 1 fully saturated rings. The van der Waals surface area contributed by atoms with Crippen molar-refractivity contribution in [2.75, 3.05) is 20.1 Å². The summed E-state index contributed by atoms with van der Waals surface area (Å²) in [4.78, 5) is 6.78. The first kappa shape index (κ1) is 11.7. The maximum atomic E-state index is 6.11. The molecule has 3 heterocycles. The normalized spacial score (nSPS) is 25.7. The van der Waals surface area contributed by atoms with Crippen LogP contribution in [0.5, 0.6) is 0 Å². The number of pyridine rings is 1. The second kappa shape index (κ2) is 4.37. The molecule has 0 bridgehead atoms. The van der Waals surface area contributed by atoms with Crippen LogP contribution in [0, 0.1) is 6.92 Å². The highest BCUT2D eigenvalue weighted by atomic mass is 15.1. The van der Waals surface area contributed by atoms with E-state index in [2.05, 4.69) is 45.9 Å². The number of likely N-dealkylation sites (N-methyl/N-ethyl adjacent to an activating group) is 1. The summed E-state index contributed by atoms with van der Waals surface area (Å²) in [7, 11) is 2.14. The van der Waals surface area contributed by atoms with Crippen LogP contribution < -0.4 is 5.73 Å². The largest absolute Gasteiger partial charge is 0.327 e. The van der Waals surface area contributed by atoms with Crippen LogP contribution in [0.15, 0.2) is 24.5 Å². The first-order chi connectivity index (χ1) is 8.61. The van der Waals surface area contributed by atoms with Crippen LogP contribution in [-0.2, 0) is 0 Å². The van der Waals surface area contributed by atoms with E-state index in [9.17, 15) is 0 Å². The summed E-state index contributed by atoms with van der Waals surface area (Å²) in [6, 6.07) is 4.58. The fourth-order valence-electron chi connectivity index (χ4n) is 2.98. The zero-order chi connectivity index (χ0) is 12.7. The van der Waals surface area contributed by atoms with Gasteiger partial charge in [0.1, 0.15) is 5.65 Å². The minimum atomic E-state index is 0.286. The molecule has 1 aliphatic heterocycles. The summed E-state index contributed by atoms with van der Waals surface area (Å²) in [5.41, 5.74) is 9.55. The van der Waals surface area contributed by atoms with Gasteiger partial charge in [0.25, 0.3) is 0 Å². The molecule has 0 aliphatic carbocycles. The molecule has 3 rings (SSSR count). The molecule has 96 valence electrons. The molecule has 0 radical (unpaired) electrons. The number of aryl methyl sites for hydroxylation is 1. The van der Waals surface area contributed by atoms with Crippen molar-refractivity contribution in [3.05, 3.63) is 35.8 Å². The van der Waals surface area contributed by atoms with E-state index in [4.69, 9.17) is 5.73 Å². The summed E-state index contributed by atoms with van der Waals surface area (Å²) in [6.07, 6.45) is 5.35. The van der Waals surface area contributed by atoms with Gasteiger partial charge in [-0.05, 0) is 37.9 Å². The van der Waals surface area contributed by atoms with E-state index in [0.717, 1.165) is 30.9 Å². The highest BCUT2D eigenvalue weighted by molar-refractivity contribution is 5.42. The van der Waals surface area contributed by atoms with E-state index in [-0.39, 0.29) is 6.04 Å². The van der Waals surface area contributed by atoms with Crippen LogP contribution in [0.2, 0.25) is 0 Å². The number of piperidine rings is 1. The van der Waals surface area contributed by atoms with Gasteiger partial charge in [0.15, 0.2) is 0 Å². The van der Waals surface area contributed by atoms with Gasteiger partial charge in [0.05, 0.1) is 5.69 Å². The second-order valence-corrected chi connectivity index (χ2v) is 5.52. The van der Waals surface area contributed by atoms with Gasteiger partial charge in [0, 0.05) is 31.5 Å². The summed E-state index contributed by atoms with van der Waals surface area (Å²) < 4.78 is 2.12. The number of likely N-dealkylation sites (tertiary alicyclic amines) is 1. The van der Waals surface area contributed by atoms with Gasteiger partial charge in [-0.25, -0.2) is 4.98 Å². The summed E-state index contributed by atoms with van der Waals surface area (Å²) in [5, 5.41) is 0. The Balaban J connectivity index is 1.93. The molecule has 2 unspecified atom stereocenters. The molecule has 2 aromatic rings. The maximum absolute atomic E-state index is 6.11. The number of rotatable bonds is 1. The average Bonchev–Trinajstić information content (AvgIpc) is 2.66. The number of fused-ring (bicyclic) bond motifs is 1. The van der Waals surface area contributed by atoms with Gasteiger partial charge in [-0.15, -0.1) is 0 Å². The summed E-state index contributed by atoms with van der Waals surface area (Å²) in [6.45, 7) is 4.12. The molecule has 0 spiro atoms. The molecule has 2 atom stereocenters. The highest BCUT2D eigenvalue weighted by Crippen LogP contribution is 2.26. The van der Waals surface area contributed by atoms with E-state index in [0.29, 0.717) is 5.92 Å². The lowest BCUT2D eigenvalue weighted by atomic mass is 9.89. The molecule has 4 heteroatoms. The zero-order valence-electron chi connectivity index (χ0n) is 11.0. The lowest BCUT2D eigenvalue weighted by Crippen LogP contribution is -2.44. The van der Waals surface area contributed by atoms with Crippen LogP contribution >= 0.6 is 0 Å². The quantitative estimate of drug-likeness (QED) is 0.824. The molecule has 2 N–H and O–H groups in total. The molecule has 0 aromatic carbocycles. The van der Waals surface area contributed by atoms with Gasteiger partial charge < -0.3 is 15.0 Å². The smallest absolute Gasteiger partial charge is 0.136 e. The number of hydrogen-bond acceptors (Lipinski definition) is 3. The van der Waals surface area contributed by atoms with Gasteiger partial charge >= 0.3 is 0 Å². The number of nitrogens with zero attached hydrogens (tertiary/aromatic N) is 3. The average molecular weight is 244 g/mol. The fraction of sp³-hybridized carbons (Fsp3) is 0.500. The van der Waals surface area contributed by atoms with Gasteiger partial charge in [-0.1, -0.05) is 6.07 Å². The first-order valence-electron chi connectivity index (χ1n) is 6.51. The Morgan fingerprint density at radius 2 is 2.11 bits per heavy atom. The van der Waals surface area contributed by atoms with E-state index >= 15 is 0 Å². The zero-order valence-corrected chi connectivity index (χ0v) is 11.0. The number of imidazole rings is 1. The van der Waals surface area contributed by atoms with Crippen molar-refractivity contribution in [2.45, 2.75) is 25.3 Å². The highest BCUT2D eigenvalue weighted by Gasteiger charge is 2.24. The van der Waals surface area contributed by atoms with Crippen molar-refractivity contribution < 1.29 is 0 Å². The van der Waals surface area contributed by atoms with Crippen molar-refractivity contribution >= 4 is 5.65 Å². The van der Waals surface area contributed by atoms with Crippen molar-refractivity contribution in [1.29, 1.82) is 0 Å². The molecule has 1 saturated heterocycles. The van der Waals surface area contributed by atoms with Crippen molar-refractivity contribution in [3.63, 3.8) is 0 Å². The Bertz CT molecular complexity index is 550. The van der Waals surface area contributed by atoms with Crippen LogP contribution in [0.3, 0.4) is 0 Å². The number of aromatic nitrogens is 2. The third-order valence-electron chi connectivity index (χ3n) is 3.73. The van der Waals surface area contributed by atoms with E-state index in [1.54, 1.807) is 0 Å². The molecule has 2 aromatic heterocycles. The van der Waals surface area contributed by atoms with Gasteiger partial charge in [0.2, 0.25) is 0 Å². The molecular formula is C14H20N4. The Morgan fingerprint density at radius 1 is 1.28 bits per heavy atom. The minimum Gasteiger partial charge on any atom is -0.327 e. The van der Waals surface area contributed by atoms with E-state index < -0.39 is 0 Å². The second-order valence-electron chi connectivity index (χ2n) is 5.52. The Kier molecular flexibility index (Phi) is 2.84. The third-order valence-corrected chi connectivity index (χ3v) is 3.73. The van der Waals surface area contributed by atoms with Crippen molar-refractivity contribution in [2.24, 2.45) is 5.73 Å². The summed E-state index contributed by atoms with van der Waals surface area (Å²) in [5.74, 6) is 0.533. The molecule has 4 nitrogen and oxygen atoms in total. The fourth-order valence-corrected chi connectivity index (χ4v) is 2.98. The molecule has 18 heavy (non-hydrogen) atoms. The minimum absolute atomic E-state index is 0.286. The van der Waals surface area contributed by atoms with Crippen LogP contribution in [-0.4, -0.2) is 40.5 Å². The van der Waals surface area contributed by atoms with Crippen molar-refractivity contribution in [3.8, 4) is 0 Å². The van der Waals surface area contributed by atoms with E-state index in [1.807, 2.05) is 6.92 Å². The topological polar surface area (TPSA) is 46.6 Å². The number of hydrogen-bond donors (Lipinski definition) is 1. The van der Waals surface area contributed by atoms with Gasteiger partial charge in [-0.2, -0.15) is 0 Å². The molecule has 0 amide bonds. The molecule has 0 saturated carbocycles. The first-order valence-corrected chi connectivity index (χ1v) is 6.51. The third kappa shape index (κ3) is 2.13. The predicted molar refractivity (Wildman–Crippen MR) is 72.8 cm³/mol.